The van der Waals surface area contributed by atoms with E-state index in [1.807, 2.05) is 0 Å². The Kier molecular flexibility index (Phi) is 12.7. The van der Waals surface area contributed by atoms with Gasteiger partial charge in [-0.3, -0.25) is 0 Å². The van der Waals surface area contributed by atoms with Crippen LogP contribution in [0.5, 0.6) is 0 Å². The molecule has 0 radical (unpaired) electrons. The maximum atomic E-state index is 2.73. The van der Waals surface area contributed by atoms with Crippen molar-refractivity contribution in [2.45, 2.75) is 181 Å². The van der Waals surface area contributed by atoms with Crippen LogP contribution in [-0.4, -0.2) is 11.3 Å². The summed E-state index contributed by atoms with van der Waals surface area (Å²) in [6.07, 6.45) is 4.64. The van der Waals surface area contributed by atoms with Gasteiger partial charge in [0.15, 0.2) is 0 Å². The average molecular weight is 1140 g/mol. The number of fused-ring (bicyclic) bond motifs is 9. The number of hydrogen-bond acceptors (Lipinski definition) is 3. The van der Waals surface area contributed by atoms with Crippen molar-refractivity contribution in [2.24, 2.45) is 0 Å². The predicted octanol–water partition coefficient (Wildman–Crippen LogP) is 20.9. The standard InChI is InChI=1S/C82H89BN4/c1-76(2,3)52-27-31-56(32-28-52)84(59-35-38-62-61-25-21-22-26-69(61)85(70(62)48-59)55-23-19-18-20-24-55)60-37-40-67-71(49-60)86(57-33-29-53(30-34-57)77(4,5)6)73-45-54(78(7,8)9)46-74-75(73)83(67)68-50-65-66(82(16,17)44-43-81(65,14)15)51-72(68)87(74)58-36-39-63-64(47-58)80(12,13)42-41-79(63,10)11/h18-40,45-51H,41-44H2,1-17H3. The fourth-order valence-corrected chi connectivity index (χ4v) is 15.5. The fourth-order valence-electron chi connectivity index (χ4n) is 15.5. The number of anilines is 9. The number of benzene rings is 9. The molecule has 0 atom stereocenters. The molecule has 4 aliphatic rings. The van der Waals surface area contributed by atoms with Crippen LogP contribution < -0.4 is 31.1 Å². The lowest BCUT2D eigenvalue weighted by Gasteiger charge is -2.48. The van der Waals surface area contributed by atoms with Gasteiger partial charge < -0.3 is 19.3 Å². The van der Waals surface area contributed by atoms with Crippen LogP contribution in [0.15, 0.2) is 182 Å². The van der Waals surface area contributed by atoms with Gasteiger partial charge in [-0.05, 0) is 216 Å². The van der Waals surface area contributed by atoms with Crippen molar-refractivity contribution < 1.29 is 0 Å². The second-order valence-electron chi connectivity index (χ2n) is 32.1. The Bertz CT molecular complexity index is 4400. The molecule has 0 fully saturated rings. The topological polar surface area (TPSA) is 14.7 Å². The van der Waals surface area contributed by atoms with E-state index in [-0.39, 0.29) is 44.6 Å². The molecule has 2 aliphatic heterocycles. The third-order valence-corrected chi connectivity index (χ3v) is 21.2. The fraction of sp³-hybridized carbons (Fsp3) is 0.341. The SMILES string of the molecule is CC(C)(C)c1ccc(N(c2ccc3c(c2)N(c2ccc(C(C)(C)C)cc2)c2cc(C(C)(C)C)cc4c2B3c2cc3c(cc2N4c2ccc4c(c2)C(C)(C)CCC4(C)C)C(C)(C)CCC3(C)C)c2ccc3c4ccccc4n(-c4ccccc4)c3c2)cc1. The maximum Gasteiger partial charge on any atom is 0.252 e. The predicted molar refractivity (Wildman–Crippen MR) is 376 cm³/mol. The molecule has 0 bridgehead atoms. The van der Waals surface area contributed by atoms with Crippen molar-refractivity contribution in [1.29, 1.82) is 0 Å². The average Bonchev–Trinajstić information content (AvgIpc) is 1.24. The van der Waals surface area contributed by atoms with E-state index in [0.29, 0.717) is 0 Å². The Morgan fingerprint density at radius 2 is 0.816 bits per heavy atom. The summed E-state index contributed by atoms with van der Waals surface area (Å²) in [5.74, 6) is 0. The number of hydrogen-bond donors (Lipinski definition) is 0. The van der Waals surface area contributed by atoms with E-state index >= 15 is 0 Å². The van der Waals surface area contributed by atoms with Gasteiger partial charge in [-0.2, -0.15) is 0 Å². The van der Waals surface area contributed by atoms with Crippen LogP contribution in [0, 0.1) is 0 Å². The quantitative estimate of drug-likeness (QED) is 0.154. The van der Waals surface area contributed by atoms with Crippen molar-refractivity contribution in [3.63, 3.8) is 0 Å². The lowest BCUT2D eigenvalue weighted by molar-refractivity contribution is 0.332. The second kappa shape index (κ2) is 19.4. The molecule has 4 nitrogen and oxygen atoms in total. The first kappa shape index (κ1) is 57.0. The van der Waals surface area contributed by atoms with Gasteiger partial charge in [0, 0.05) is 67.6 Å². The lowest BCUT2D eigenvalue weighted by Crippen LogP contribution is -2.62. The molecule has 0 saturated heterocycles. The molecule has 0 saturated carbocycles. The third-order valence-electron chi connectivity index (χ3n) is 21.2. The number of rotatable bonds is 6. The normalized spacial score (nSPS) is 17.1. The van der Waals surface area contributed by atoms with Crippen LogP contribution in [0.25, 0.3) is 27.5 Å². The summed E-state index contributed by atoms with van der Waals surface area (Å²) in [4.78, 5) is 7.90. The van der Waals surface area contributed by atoms with Crippen LogP contribution in [0.3, 0.4) is 0 Å². The molecule has 5 heteroatoms. The summed E-state index contributed by atoms with van der Waals surface area (Å²) in [5.41, 5.74) is 28.3. The van der Waals surface area contributed by atoms with Crippen molar-refractivity contribution >= 4 is 96.1 Å². The van der Waals surface area contributed by atoms with Gasteiger partial charge in [-0.15, -0.1) is 0 Å². The van der Waals surface area contributed by atoms with Gasteiger partial charge in [0.1, 0.15) is 0 Å². The molecule has 0 unspecified atom stereocenters. The Hall–Kier alpha value is -7.76. The summed E-state index contributed by atoms with van der Waals surface area (Å²) in [6, 6.07) is 71.4. The molecule has 87 heavy (non-hydrogen) atoms. The minimum atomic E-state index is -0.169. The zero-order valence-electron chi connectivity index (χ0n) is 55.0. The molecular weight excluding hydrogens is 1050 g/mol. The molecule has 1 aromatic heterocycles. The highest BCUT2D eigenvalue weighted by molar-refractivity contribution is 7.00. The van der Waals surface area contributed by atoms with E-state index < -0.39 is 0 Å². The van der Waals surface area contributed by atoms with Gasteiger partial charge in [0.2, 0.25) is 0 Å². The van der Waals surface area contributed by atoms with Gasteiger partial charge >= 0.3 is 0 Å². The van der Waals surface area contributed by atoms with Crippen LogP contribution in [-0.2, 0) is 37.9 Å². The summed E-state index contributed by atoms with van der Waals surface area (Å²) in [7, 11) is 0. The lowest BCUT2D eigenvalue weighted by atomic mass is 9.33. The first-order valence-corrected chi connectivity index (χ1v) is 32.4. The van der Waals surface area contributed by atoms with Gasteiger partial charge in [0.05, 0.1) is 11.0 Å². The molecule has 3 heterocycles. The van der Waals surface area contributed by atoms with Crippen molar-refractivity contribution in [3.05, 3.63) is 221 Å². The van der Waals surface area contributed by atoms with Crippen molar-refractivity contribution in [3.8, 4) is 5.69 Å². The largest absolute Gasteiger partial charge is 0.311 e. The minimum Gasteiger partial charge on any atom is -0.311 e. The highest BCUT2D eigenvalue weighted by Gasteiger charge is 2.48. The third kappa shape index (κ3) is 9.21. The van der Waals surface area contributed by atoms with E-state index in [2.05, 4.69) is 319 Å². The molecule has 9 aromatic carbocycles. The molecule has 10 aromatic rings. The van der Waals surface area contributed by atoms with Crippen LogP contribution >= 0.6 is 0 Å². The number of para-hydroxylation sites is 2. The zero-order valence-corrected chi connectivity index (χ0v) is 55.0. The van der Waals surface area contributed by atoms with E-state index in [9.17, 15) is 0 Å². The molecule has 14 rings (SSSR count). The first-order chi connectivity index (χ1) is 41.0. The maximum absolute atomic E-state index is 2.73. The van der Waals surface area contributed by atoms with E-state index in [0.717, 1.165) is 47.7 Å². The Labute approximate surface area is 520 Å². The second-order valence-corrected chi connectivity index (χ2v) is 32.1. The van der Waals surface area contributed by atoms with Crippen LogP contribution in [0.2, 0.25) is 0 Å². The van der Waals surface area contributed by atoms with E-state index in [4.69, 9.17) is 0 Å². The van der Waals surface area contributed by atoms with Crippen LogP contribution in [0.4, 0.5) is 51.2 Å². The van der Waals surface area contributed by atoms with Gasteiger partial charge in [0.25, 0.3) is 6.71 Å². The molecule has 0 N–H and O–H groups in total. The highest BCUT2D eigenvalue weighted by atomic mass is 15.2. The summed E-state index contributed by atoms with van der Waals surface area (Å²) in [6.45, 7) is 40.9. The molecular formula is C82H89BN4. The van der Waals surface area contributed by atoms with Crippen LogP contribution in [0.1, 0.15) is 182 Å². The summed E-state index contributed by atoms with van der Waals surface area (Å²) in [5, 5.41) is 2.48. The van der Waals surface area contributed by atoms with E-state index in [1.54, 1.807) is 0 Å². The smallest absolute Gasteiger partial charge is 0.252 e. The Morgan fingerprint density at radius 1 is 0.345 bits per heavy atom. The summed E-state index contributed by atoms with van der Waals surface area (Å²) < 4.78 is 2.45. The Balaban J connectivity index is 1.07. The number of nitrogens with zero attached hydrogens (tertiary/aromatic N) is 4. The zero-order chi connectivity index (χ0) is 61.3. The van der Waals surface area contributed by atoms with Gasteiger partial charge in [-0.25, -0.2) is 0 Å². The van der Waals surface area contributed by atoms with Gasteiger partial charge in [-0.1, -0.05) is 203 Å². The van der Waals surface area contributed by atoms with Crippen molar-refractivity contribution in [2.75, 3.05) is 14.7 Å². The monoisotopic (exact) mass is 1140 g/mol. The molecule has 2 aliphatic carbocycles. The van der Waals surface area contributed by atoms with Crippen molar-refractivity contribution in [1.82, 2.24) is 4.57 Å². The highest BCUT2D eigenvalue weighted by Crippen LogP contribution is 2.54. The minimum absolute atomic E-state index is 0.00386. The molecule has 0 spiro atoms. The number of aromatic nitrogens is 1. The summed E-state index contributed by atoms with van der Waals surface area (Å²) >= 11 is 0. The Morgan fingerprint density at radius 3 is 1.43 bits per heavy atom. The molecule has 0 amide bonds. The van der Waals surface area contributed by atoms with E-state index in [1.165, 1.54) is 112 Å². The first-order valence-electron chi connectivity index (χ1n) is 32.4. The molecule has 440 valence electrons.